The van der Waals surface area contributed by atoms with Crippen molar-refractivity contribution in [3.63, 3.8) is 0 Å². The second kappa shape index (κ2) is 4.26. The maximum absolute atomic E-state index is 9.26. The van der Waals surface area contributed by atoms with Crippen LogP contribution in [0.2, 0.25) is 0 Å². The number of rotatable bonds is 1. The fraction of sp³-hybridized carbons (Fsp3) is 0.571. The maximum atomic E-state index is 9.26. The second-order valence-corrected chi connectivity index (χ2v) is 5.09. The molecule has 0 saturated heterocycles. The Labute approximate surface area is 92.1 Å². The van der Waals surface area contributed by atoms with E-state index in [0.29, 0.717) is 11.7 Å². The Kier molecular flexibility index (Phi) is 2.99. The summed E-state index contributed by atoms with van der Waals surface area (Å²) in [5.41, 5.74) is 1.40. The van der Waals surface area contributed by atoms with Gasteiger partial charge in [0.05, 0.1) is 0 Å². The Morgan fingerprint density at radius 1 is 1.07 bits per heavy atom. The van der Waals surface area contributed by atoms with E-state index in [2.05, 4.69) is 26.0 Å². The summed E-state index contributed by atoms with van der Waals surface area (Å²) in [4.78, 5) is 0. The van der Waals surface area contributed by atoms with E-state index in [-0.39, 0.29) is 0 Å². The highest BCUT2D eigenvalue weighted by molar-refractivity contribution is 5.28. The van der Waals surface area contributed by atoms with Gasteiger partial charge in [-0.05, 0) is 48.3 Å². The van der Waals surface area contributed by atoms with Gasteiger partial charge in [0, 0.05) is 0 Å². The lowest BCUT2D eigenvalue weighted by molar-refractivity contribution is 0.261. The molecule has 1 fully saturated rings. The third-order valence-corrected chi connectivity index (χ3v) is 3.75. The molecule has 1 aliphatic carbocycles. The first kappa shape index (κ1) is 10.5. The van der Waals surface area contributed by atoms with Gasteiger partial charge in [0.2, 0.25) is 0 Å². The van der Waals surface area contributed by atoms with E-state index in [0.717, 1.165) is 11.8 Å². The summed E-state index contributed by atoms with van der Waals surface area (Å²) in [6.07, 6.45) is 3.98. The molecule has 1 aromatic rings. The summed E-state index contributed by atoms with van der Waals surface area (Å²) < 4.78 is 0. The molecule has 0 spiro atoms. The Hall–Kier alpha value is -0.980. The molecule has 0 aromatic heterocycles. The van der Waals surface area contributed by atoms with Crippen LogP contribution in [0, 0.1) is 11.8 Å². The maximum Gasteiger partial charge on any atom is 0.115 e. The van der Waals surface area contributed by atoms with Gasteiger partial charge < -0.3 is 5.11 Å². The predicted octanol–water partition coefficient (Wildman–Crippen LogP) is 3.93. The zero-order valence-corrected chi connectivity index (χ0v) is 9.61. The van der Waals surface area contributed by atoms with Crippen LogP contribution in [0.25, 0.3) is 0 Å². The minimum Gasteiger partial charge on any atom is -0.508 e. The summed E-state index contributed by atoms with van der Waals surface area (Å²) in [5, 5.41) is 9.26. The zero-order valence-electron chi connectivity index (χ0n) is 9.61. The zero-order chi connectivity index (χ0) is 10.8. The Balaban J connectivity index is 2.13. The first-order chi connectivity index (χ1) is 7.16. The number of phenolic OH excluding ortho intramolecular Hbond substituents is 1. The molecule has 15 heavy (non-hydrogen) atoms. The summed E-state index contributed by atoms with van der Waals surface area (Å²) in [6, 6.07) is 7.76. The molecule has 1 aliphatic rings. The van der Waals surface area contributed by atoms with E-state index in [1.807, 2.05) is 0 Å². The molecule has 3 atom stereocenters. The number of benzene rings is 1. The van der Waals surface area contributed by atoms with Gasteiger partial charge in [0.25, 0.3) is 0 Å². The molecule has 0 heterocycles. The predicted molar refractivity (Wildman–Crippen MR) is 63.0 cm³/mol. The molecule has 2 unspecified atom stereocenters. The van der Waals surface area contributed by atoms with E-state index in [9.17, 15) is 5.11 Å². The van der Waals surface area contributed by atoms with Crippen molar-refractivity contribution < 1.29 is 5.11 Å². The van der Waals surface area contributed by atoms with Gasteiger partial charge in [0.1, 0.15) is 5.75 Å². The minimum atomic E-state index is 0.371. The molecule has 2 rings (SSSR count). The standard InChI is InChI=1S/C14H20O/c1-10-3-8-14(11(2)9-10)12-4-6-13(15)7-5-12/h4-7,10-11,14-15H,3,8-9H2,1-2H3/t10?,11-,14?/m1/s1. The van der Waals surface area contributed by atoms with Crippen molar-refractivity contribution in [2.24, 2.45) is 11.8 Å². The van der Waals surface area contributed by atoms with Crippen molar-refractivity contribution in [1.82, 2.24) is 0 Å². The lowest BCUT2D eigenvalue weighted by Crippen LogP contribution is -2.19. The lowest BCUT2D eigenvalue weighted by atomic mass is 9.73. The monoisotopic (exact) mass is 204 g/mol. The van der Waals surface area contributed by atoms with Gasteiger partial charge in [-0.3, -0.25) is 0 Å². The topological polar surface area (TPSA) is 20.2 Å². The quantitative estimate of drug-likeness (QED) is 0.734. The molecule has 1 aromatic carbocycles. The number of hydrogen-bond acceptors (Lipinski definition) is 1. The number of hydrogen-bond donors (Lipinski definition) is 1. The van der Waals surface area contributed by atoms with Crippen LogP contribution in [0.5, 0.6) is 5.75 Å². The lowest BCUT2D eigenvalue weighted by Gasteiger charge is -2.32. The van der Waals surface area contributed by atoms with Crippen LogP contribution in [0.4, 0.5) is 0 Å². The summed E-state index contributed by atoms with van der Waals surface area (Å²) >= 11 is 0. The van der Waals surface area contributed by atoms with Gasteiger partial charge >= 0.3 is 0 Å². The SMILES string of the molecule is CC1CCC(c2ccc(O)cc2)[C@H](C)C1. The third kappa shape index (κ3) is 2.34. The summed E-state index contributed by atoms with van der Waals surface area (Å²) in [5.74, 6) is 2.73. The largest absolute Gasteiger partial charge is 0.508 e. The van der Waals surface area contributed by atoms with Crippen molar-refractivity contribution in [3.05, 3.63) is 29.8 Å². The second-order valence-electron chi connectivity index (χ2n) is 5.09. The Morgan fingerprint density at radius 3 is 2.33 bits per heavy atom. The van der Waals surface area contributed by atoms with Crippen LogP contribution >= 0.6 is 0 Å². The smallest absolute Gasteiger partial charge is 0.115 e. The van der Waals surface area contributed by atoms with Crippen molar-refractivity contribution in [2.45, 2.75) is 39.0 Å². The van der Waals surface area contributed by atoms with Gasteiger partial charge in [-0.25, -0.2) is 0 Å². The first-order valence-corrected chi connectivity index (χ1v) is 5.95. The van der Waals surface area contributed by atoms with Gasteiger partial charge in [-0.15, -0.1) is 0 Å². The normalized spacial score (nSPS) is 31.5. The summed E-state index contributed by atoms with van der Waals surface area (Å²) in [6.45, 7) is 4.71. The molecule has 1 heteroatoms. The average molecular weight is 204 g/mol. The van der Waals surface area contributed by atoms with Gasteiger partial charge in [0.15, 0.2) is 0 Å². The van der Waals surface area contributed by atoms with Gasteiger partial charge in [-0.1, -0.05) is 32.4 Å². The molecule has 1 nitrogen and oxygen atoms in total. The minimum absolute atomic E-state index is 0.371. The van der Waals surface area contributed by atoms with E-state index in [4.69, 9.17) is 0 Å². The van der Waals surface area contributed by atoms with E-state index < -0.39 is 0 Å². The molecule has 1 N–H and O–H groups in total. The molecule has 0 amide bonds. The highest BCUT2D eigenvalue weighted by Gasteiger charge is 2.26. The van der Waals surface area contributed by atoms with Crippen LogP contribution in [-0.4, -0.2) is 5.11 Å². The Bertz CT molecular complexity index is 315. The fourth-order valence-electron chi connectivity index (χ4n) is 2.88. The van der Waals surface area contributed by atoms with Crippen molar-refractivity contribution in [1.29, 1.82) is 0 Å². The fourth-order valence-corrected chi connectivity index (χ4v) is 2.88. The molecule has 82 valence electrons. The molecular formula is C14H20O. The van der Waals surface area contributed by atoms with E-state index in [1.165, 1.54) is 24.8 Å². The molecule has 1 saturated carbocycles. The number of aromatic hydroxyl groups is 1. The molecular weight excluding hydrogens is 184 g/mol. The van der Waals surface area contributed by atoms with Crippen molar-refractivity contribution >= 4 is 0 Å². The number of phenols is 1. The van der Waals surface area contributed by atoms with E-state index >= 15 is 0 Å². The van der Waals surface area contributed by atoms with Gasteiger partial charge in [-0.2, -0.15) is 0 Å². The first-order valence-electron chi connectivity index (χ1n) is 5.95. The average Bonchev–Trinajstić information content (AvgIpc) is 2.20. The summed E-state index contributed by atoms with van der Waals surface area (Å²) in [7, 11) is 0. The molecule has 0 bridgehead atoms. The van der Waals surface area contributed by atoms with Crippen LogP contribution in [-0.2, 0) is 0 Å². The highest BCUT2D eigenvalue weighted by Crippen LogP contribution is 2.40. The van der Waals surface area contributed by atoms with Crippen LogP contribution in [0.1, 0.15) is 44.6 Å². The van der Waals surface area contributed by atoms with E-state index in [1.54, 1.807) is 12.1 Å². The molecule has 0 radical (unpaired) electrons. The highest BCUT2D eigenvalue weighted by atomic mass is 16.3. The third-order valence-electron chi connectivity index (χ3n) is 3.75. The van der Waals surface area contributed by atoms with Crippen LogP contribution in [0.15, 0.2) is 24.3 Å². The van der Waals surface area contributed by atoms with Crippen molar-refractivity contribution in [3.8, 4) is 5.75 Å². The van der Waals surface area contributed by atoms with Crippen LogP contribution in [0.3, 0.4) is 0 Å². The van der Waals surface area contributed by atoms with Crippen molar-refractivity contribution in [2.75, 3.05) is 0 Å². The van der Waals surface area contributed by atoms with Crippen LogP contribution < -0.4 is 0 Å². The Morgan fingerprint density at radius 2 is 1.73 bits per heavy atom. The molecule has 0 aliphatic heterocycles.